The number of hydrogen-bond donors (Lipinski definition) is 5. The zero-order chi connectivity index (χ0) is 21.9. The lowest BCUT2D eigenvalue weighted by molar-refractivity contribution is -0.144. The number of hydrazone groups is 1. The summed E-state index contributed by atoms with van der Waals surface area (Å²) in [6.45, 7) is 3.54. The van der Waals surface area contributed by atoms with E-state index in [1.807, 2.05) is 13.0 Å². The van der Waals surface area contributed by atoms with E-state index in [9.17, 15) is 24.9 Å². The van der Waals surface area contributed by atoms with E-state index in [1.165, 1.54) is 0 Å². The molecule has 8 nitrogen and oxygen atoms in total. The first-order valence-corrected chi connectivity index (χ1v) is 10.6. The first kappa shape index (κ1) is 21.2. The van der Waals surface area contributed by atoms with Crippen molar-refractivity contribution in [3.63, 3.8) is 0 Å². The minimum absolute atomic E-state index is 0.00273. The maximum Gasteiger partial charge on any atom is 0.332 e. The molecule has 0 radical (unpaired) electrons. The molecule has 0 aromatic carbocycles. The van der Waals surface area contributed by atoms with Gasteiger partial charge in [-0.05, 0) is 56.1 Å². The van der Waals surface area contributed by atoms with Gasteiger partial charge >= 0.3 is 6.03 Å². The molecule has 0 aromatic heterocycles. The molecule has 30 heavy (non-hydrogen) atoms. The van der Waals surface area contributed by atoms with Crippen LogP contribution < -0.4 is 11.2 Å². The second kappa shape index (κ2) is 7.00. The Bertz CT molecular complexity index is 867. The summed E-state index contributed by atoms with van der Waals surface area (Å²) in [5.74, 6) is 0.236. The summed E-state index contributed by atoms with van der Waals surface area (Å²) in [4.78, 5) is 23.0. The van der Waals surface area contributed by atoms with E-state index >= 15 is 0 Å². The maximum absolute atomic E-state index is 11.9. The number of allylic oxidation sites excluding steroid dienone is 4. The SMILES string of the molecule is C[C@]12C=CC(=O)C=C1CC[C@@H]1[C@@H]2[C@@H](O)C[C@@]2(C)[C@H]1CC[C@]2(O)/C(CO)=N/NC(N)=O. The first-order chi connectivity index (χ1) is 14.1. The summed E-state index contributed by atoms with van der Waals surface area (Å²) in [5, 5.41) is 36.8. The third-order valence-corrected chi connectivity index (χ3v) is 8.58. The molecule has 7 atom stereocenters. The van der Waals surface area contributed by atoms with Crippen LogP contribution in [-0.2, 0) is 4.79 Å². The number of carbonyl (C=O) groups excluding carboxylic acids is 2. The van der Waals surface area contributed by atoms with Crippen LogP contribution in [0.5, 0.6) is 0 Å². The predicted molar refractivity (Wildman–Crippen MR) is 110 cm³/mol. The van der Waals surface area contributed by atoms with E-state index in [2.05, 4.69) is 17.5 Å². The van der Waals surface area contributed by atoms with Crippen molar-refractivity contribution in [3.8, 4) is 0 Å². The highest BCUT2D eigenvalue weighted by Gasteiger charge is 2.67. The molecule has 2 amide bonds. The number of ketones is 1. The molecule has 8 heteroatoms. The Morgan fingerprint density at radius 3 is 2.77 bits per heavy atom. The minimum Gasteiger partial charge on any atom is -0.393 e. The summed E-state index contributed by atoms with van der Waals surface area (Å²) in [5.41, 5.74) is 5.84. The second-order valence-corrected chi connectivity index (χ2v) is 9.80. The van der Waals surface area contributed by atoms with Crippen molar-refractivity contribution in [3.05, 3.63) is 23.8 Å². The predicted octanol–water partition coefficient (Wildman–Crippen LogP) is 1.01. The fourth-order valence-electron chi connectivity index (χ4n) is 7.19. The molecule has 4 aliphatic carbocycles. The van der Waals surface area contributed by atoms with Crippen LogP contribution in [0.25, 0.3) is 0 Å². The number of nitrogens with one attached hydrogen (secondary N) is 1. The fourth-order valence-corrected chi connectivity index (χ4v) is 7.19. The van der Waals surface area contributed by atoms with Gasteiger partial charge in [0.25, 0.3) is 0 Å². The molecule has 164 valence electrons. The Morgan fingerprint density at radius 2 is 2.10 bits per heavy atom. The monoisotopic (exact) mass is 417 g/mol. The summed E-state index contributed by atoms with van der Waals surface area (Å²) in [7, 11) is 0. The number of nitrogens with zero attached hydrogens (tertiary/aromatic N) is 1. The molecule has 0 saturated heterocycles. The molecule has 0 heterocycles. The Kier molecular flexibility index (Phi) is 4.95. The molecule has 3 saturated carbocycles. The van der Waals surface area contributed by atoms with Gasteiger partial charge in [0.15, 0.2) is 5.78 Å². The zero-order valence-corrected chi connectivity index (χ0v) is 17.5. The summed E-state index contributed by atoms with van der Waals surface area (Å²) in [6, 6.07) is -0.869. The summed E-state index contributed by atoms with van der Waals surface area (Å²) in [6.07, 6.45) is 7.67. The van der Waals surface area contributed by atoms with Crippen LogP contribution in [0, 0.1) is 28.6 Å². The molecular weight excluding hydrogens is 386 g/mol. The molecule has 0 bridgehead atoms. The highest BCUT2D eigenvalue weighted by atomic mass is 16.3. The number of urea groups is 1. The maximum atomic E-state index is 11.9. The van der Waals surface area contributed by atoms with Crippen molar-refractivity contribution in [2.75, 3.05) is 6.61 Å². The van der Waals surface area contributed by atoms with E-state index in [1.54, 1.807) is 12.2 Å². The van der Waals surface area contributed by atoms with Crippen LogP contribution in [-0.4, -0.2) is 51.2 Å². The number of rotatable bonds is 3. The Labute approximate surface area is 175 Å². The first-order valence-electron chi connectivity index (χ1n) is 10.6. The lowest BCUT2D eigenvalue weighted by Gasteiger charge is -2.59. The van der Waals surface area contributed by atoms with Crippen molar-refractivity contribution in [1.29, 1.82) is 0 Å². The van der Waals surface area contributed by atoms with Crippen LogP contribution in [0.15, 0.2) is 28.9 Å². The third kappa shape index (κ3) is 2.81. The number of amides is 2. The van der Waals surface area contributed by atoms with Gasteiger partial charge in [-0.2, -0.15) is 5.10 Å². The van der Waals surface area contributed by atoms with Crippen LogP contribution in [0.2, 0.25) is 0 Å². The van der Waals surface area contributed by atoms with Gasteiger partial charge in [-0.25, -0.2) is 10.2 Å². The number of nitrogens with two attached hydrogens (primary N) is 1. The van der Waals surface area contributed by atoms with Gasteiger partial charge in [0.2, 0.25) is 0 Å². The van der Waals surface area contributed by atoms with E-state index in [-0.39, 0.29) is 34.7 Å². The highest BCUT2D eigenvalue weighted by Crippen LogP contribution is 2.67. The van der Waals surface area contributed by atoms with Crippen LogP contribution >= 0.6 is 0 Å². The van der Waals surface area contributed by atoms with Crippen molar-refractivity contribution in [2.24, 2.45) is 39.4 Å². The molecule has 4 rings (SSSR count). The van der Waals surface area contributed by atoms with E-state index in [4.69, 9.17) is 5.73 Å². The van der Waals surface area contributed by atoms with Gasteiger partial charge in [0.05, 0.1) is 18.4 Å². The van der Waals surface area contributed by atoms with E-state index in [0.717, 1.165) is 24.8 Å². The Morgan fingerprint density at radius 1 is 1.37 bits per heavy atom. The average Bonchev–Trinajstić information content (AvgIpc) is 2.93. The van der Waals surface area contributed by atoms with Gasteiger partial charge in [0, 0.05) is 16.7 Å². The quantitative estimate of drug-likeness (QED) is 0.344. The lowest BCUT2D eigenvalue weighted by atomic mass is 9.46. The number of primary amides is 1. The van der Waals surface area contributed by atoms with E-state index in [0.29, 0.717) is 12.8 Å². The van der Waals surface area contributed by atoms with Gasteiger partial charge in [0.1, 0.15) is 5.60 Å². The van der Waals surface area contributed by atoms with E-state index < -0.39 is 29.8 Å². The van der Waals surface area contributed by atoms with Gasteiger partial charge in [-0.3, -0.25) is 4.79 Å². The van der Waals surface area contributed by atoms with Crippen LogP contribution in [0.3, 0.4) is 0 Å². The fraction of sp³-hybridized carbons (Fsp3) is 0.682. The van der Waals surface area contributed by atoms with Crippen LogP contribution in [0.4, 0.5) is 4.79 Å². The van der Waals surface area contributed by atoms with Gasteiger partial charge < -0.3 is 21.1 Å². The van der Waals surface area contributed by atoms with Crippen molar-refractivity contribution in [1.82, 2.24) is 5.43 Å². The number of aliphatic hydroxyl groups excluding tert-OH is 2. The molecule has 3 fully saturated rings. The van der Waals surface area contributed by atoms with Crippen molar-refractivity contribution >= 4 is 17.5 Å². The normalized spacial score (nSPS) is 45.3. The molecular formula is C22H31N3O5. The summed E-state index contributed by atoms with van der Waals surface area (Å²) < 4.78 is 0. The van der Waals surface area contributed by atoms with Gasteiger partial charge in [-0.1, -0.05) is 25.5 Å². The molecule has 0 unspecified atom stereocenters. The average molecular weight is 418 g/mol. The number of fused-ring (bicyclic) bond motifs is 5. The van der Waals surface area contributed by atoms with Crippen LogP contribution in [0.1, 0.15) is 46.0 Å². The third-order valence-electron chi connectivity index (χ3n) is 8.58. The van der Waals surface area contributed by atoms with Gasteiger partial charge in [-0.15, -0.1) is 0 Å². The van der Waals surface area contributed by atoms with Crippen molar-refractivity contribution in [2.45, 2.75) is 57.7 Å². The molecule has 0 aromatic rings. The zero-order valence-electron chi connectivity index (χ0n) is 17.5. The number of hydrogen-bond acceptors (Lipinski definition) is 6. The Hall–Kier alpha value is -2.03. The number of aliphatic hydroxyl groups is 3. The highest BCUT2D eigenvalue weighted by molar-refractivity contribution is 6.01. The molecule has 4 aliphatic rings. The minimum atomic E-state index is -1.45. The molecule has 0 spiro atoms. The lowest BCUT2D eigenvalue weighted by Crippen LogP contribution is -2.62. The molecule has 6 N–H and O–H groups in total. The van der Waals surface area contributed by atoms with Crippen molar-refractivity contribution < 1.29 is 24.9 Å². The largest absolute Gasteiger partial charge is 0.393 e. The smallest absolute Gasteiger partial charge is 0.332 e. The summed E-state index contributed by atoms with van der Waals surface area (Å²) >= 11 is 0. The number of carbonyl (C=O) groups is 2. The standard InChI is InChI=1S/C22H31N3O5/c1-20-7-5-13(27)9-12(20)3-4-14-15-6-8-22(30,17(11-26)24-25-19(23)29)21(15,2)10-16(28)18(14)20/h5,7,9,14-16,18,26,28,30H,3-4,6,8,10-11H2,1-2H3,(H3,23,25,29)/b24-17+/t14-,15-,16-,18+,20-,21-,22-/m0/s1. The Balaban J connectivity index is 1.71. The topological polar surface area (TPSA) is 145 Å². The second-order valence-electron chi connectivity index (χ2n) is 9.80. The molecule has 0 aliphatic heterocycles.